The molecule has 0 saturated carbocycles. The molecule has 0 aromatic carbocycles. The maximum Gasteiger partial charge on any atom is 0.240 e. The van der Waals surface area contributed by atoms with Crippen molar-refractivity contribution in [1.29, 1.82) is 0 Å². The number of carbonyl (C=O) groups is 1. The monoisotopic (exact) mass is 227 g/mol. The second-order valence-electron chi connectivity index (χ2n) is 5.60. The second kappa shape index (κ2) is 5.15. The topological polar surface area (TPSA) is 49.6 Å². The molecule has 1 aliphatic heterocycles. The van der Waals surface area contributed by atoms with Crippen LogP contribution in [0.3, 0.4) is 0 Å². The van der Waals surface area contributed by atoms with E-state index in [1.165, 1.54) is 0 Å². The fourth-order valence-electron chi connectivity index (χ4n) is 1.85. The first-order valence-electron chi connectivity index (χ1n) is 6.13. The van der Waals surface area contributed by atoms with Crippen LogP contribution in [0.25, 0.3) is 0 Å². The molecule has 94 valence electrons. The quantitative estimate of drug-likeness (QED) is 0.748. The average molecular weight is 227 g/mol. The fraction of sp³-hybridized carbons (Fsp3) is 0.917. The lowest BCUT2D eigenvalue weighted by Crippen LogP contribution is -2.56. The second-order valence-corrected chi connectivity index (χ2v) is 5.60. The van der Waals surface area contributed by atoms with Crippen LogP contribution in [0.4, 0.5) is 0 Å². The van der Waals surface area contributed by atoms with E-state index in [1.54, 1.807) is 0 Å². The van der Waals surface area contributed by atoms with E-state index < -0.39 is 0 Å². The van der Waals surface area contributed by atoms with E-state index >= 15 is 0 Å². The number of amides is 1. The van der Waals surface area contributed by atoms with Crippen LogP contribution < -0.4 is 5.73 Å². The molecule has 1 heterocycles. The zero-order valence-corrected chi connectivity index (χ0v) is 11.0. The van der Waals surface area contributed by atoms with Gasteiger partial charge in [-0.25, -0.2) is 0 Å². The van der Waals surface area contributed by atoms with E-state index in [4.69, 9.17) is 5.73 Å². The highest BCUT2D eigenvalue weighted by Crippen LogP contribution is 2.19. The smallest absolute Gasteiger partial charge is 0.240 e. The maximum absolute atomic E-state index is 12.1. The summed E-state index contributed by atoms with van der Waals surface area (Å²) in [6.45, 7) is 12.8. The van der Waals surface area contributed by atoms with Crippen molar-refractivity contribution in [3.8, 4) is 0 Å². The van der Waals surface area contributed by atoms with Crippen molar-refractivity contribution in [3.63, 3.8) is 0 Å². The summed E-state index contributed by atoms with van der Waals surface area (Å²) in [4.78, 5) is 16.4. The number of likely N-dealkylation sites (N-methyl/N-ethyl adjacent to an activating group) is 1. The molecule has 0 radical (unpaired) electrons. The summed E-state index contributed by atoms with van der Waals surface area (Å²) < 4.78 is 0. The fourth-order valence-corrected chi connectivity index (χ4v) is 1.85. The summed E-state index contributed by atoms with van der Waals surface area (Å²) >= 11 is 0. The van der Waals surface area contributed by atoms with Crippen molar-refractivity contribution in [2.75, 3.05) is 32.7 Å². The number of nitrogens with two attached hydrogens (primary N) is 1. The van der Waals surface area contributed by atoms with Gasteiger partial charge in [0.05, 0.1) is 6.04 Å². The molecule has 0 aromatic rings. The molecule has 1 fully saturated rings. The van der Waals surface area contributed by atoms with Gasteiger partial charge in [-0.05, 0) is 12.0 Å². The van der Waals surface area contributed by atoms with Gasteiger partial charge in [0.15, 0.2) is 0 Å². The molecule has 4 nitrogen and oxygen atoms in total. The van der Waals surface area contributed by atoms with Crippen molar-refractivity contribution in [1.82, 2.24) is 9.80 Å². The first-order chi connectivity index (χ1) is 7.36. The lowest BCUT2D eigenvalue weighted by molar-refractivity contribution is -0.136. The molecule has 0 bridgehead atoms. The minimum atomic E-state index is -0.388. The standard InChI is InChI=1S/C12H25N3O/c1-5-14-6-8-15(9-7-14)11(16)10(13)12(2,3)4/h10H,5-9,13H2,1-4H3/t10-/m0/s1. The van der Waals surface area contributed by atoms with Gasteiger partial charge in [0, 0.05) is 26.2 Å². The van der Waals surface area contributed by atoms with Crippen LogP contribution in [-0.4, -0.2) is 54.5 Å². The zero-order chi connectivity index (χ0) is 12.3. The maximum atomic E-state index is 12.1. The molecular weight excluding hydrogens is 202 g/mol. The van der Waals surface area contributed by atoms with Crippen molar-refractivity contribution < 1.29 is 4.79 Å². The van der Waals surface area contributed by atoms with Gasteiger partial charge >= 0.3 is 0 Å². The third kappa shape index (κ3) is 3.19. The van der Waals surface area contributed by atoms with Gasteiger partial charge in [-0.2, -0.15) is 0 Å². The van der Waals surface area contributed by atoms with Crippen LogP contribution in [-0.2, 0) is 4.79 Å². The van der Waals surface area contributed by atoms with Crippen molar-refractivity contribution in [2.24, 2.45) is 11.1 Å². The summed E-state index contributed by atoms with van der Waals surface area (Å²) in [5.41, 5.74) is 5.83. The van der Waals surface area contributed by atoms with Gasteiger partial charge < -0.3 is 15.5 Å². The molecule has 4 heteroatoms. The van der Waals surface area contributed by atoms with E-state index in [0.717, 1.165) is 32.7 Å². The lowest BCUT2D eigenvalue weighted by Gasteiger charge is -2.37. The molecule has 0 aromatic heterocycles. The van der Waals surface area contributed by atoms with Crippen LogP contribution >= 0.6 is 0 Å². The Hall–Kier alpha value is -0.610. The molecule has 1 amide bonds. The van der Waals surface area contributed by atoms with Crippen LogP contribution in [0, 0.1) is 5.41 Å². The number of hydrogen-bond acceptors (Lipinski definition) is 3. The molecule has 2 N–H and O–H groups in total. The van der Waals surface area contributed by atoms with Gasteiger partial charge in [0.25, 0.3) is 0 Å². The highest BCUT2D eigenvalue weighted by molar-refractivity contribution is 5.82. The number of hydrogen-bond donors (Lipinski definition) is 1. The third-order valence-electron chi connectivity index (χ3n) is 3.33. The third-order valence-corrected chi connectivity index (χ3v) is 3.33. The predicted molar refractivity (Wildman–Crippen MR) is 66.1 cm³/mol. The first kappa shape index (κ1) is 13.5. The van der Waals surface area contributed by atoms with Gasteiger partial charge in [-0.15, -0.1) is 0 Å². The van der Waals surface area contributed by atoms with E-state index in [0.29, 0.717) is 0 Å². The normalized spacial score (nSPS) is 20.9. The Balaban J connectivity index is 2.51. The predicted octanol–water partition coefficient (Wildman–Crippen LogP) is 0.524. The number of nitrogens with zero attached hydrogens (tertiary/aromatic N) is 2. The number of carbonyl (C=O) groups excluding carboxylic acids is 1. The minimum Gasteiger partial charge on any atom is -0.339 e. The molecule has 1 atom stereocenters. The summed E-state index contributed by atoms with van der Waals surface area (Å²) in [7, 11) is 0. The molecule has 0 unspecified atom stereocenters. The Kier molecular flexibility index (Phi) is 4.33. The molecule has 16 heavy (non-hydrogen) atoms. The summed E-state index contributed by atoms with van der Waals surface area (Å²) in [5.74, 6) is 0.100. The SMILES string of the molecule is CCN1CCN(C(=O)[C@H](N)C(C)(C)C)CC1. The van der Waals surface area contributed by atoms with E-state index in [1.807, 2.05) is 25.7 Å². The van der Waals surface area contributed by atoms with Gasteiger partial charge in [0.1, 0.15) is 0 Å². The van der Waals surface area contributed by atoms with Crippen molar-refractivity contribution in [2.45, 2.75) is 33.7 Å². The Morgan fingerprint density at radius 3 is 2.12 bits per heavy atom. The Bertz CT molecular complexity index is 239. The van der Waals surface area contributed by atoms with Gasteiger partial charge in [0.2, 0.25) is 5.91 Å². The van der Waals surface area contributed by atoms with E-state index in [9.17, 15) is 4.79 Å². The first-order valence-corrected chi connectivity index (χ1v) is 6.13. The highest BCUT2D eigenvalue weighted by Gasteiger charge is 2.32. The molecule has 1 rings (SSSR count). The van der Waals surface area contributed by atoms with E-state index in [2.05, 4.69) is 11.8 Å². The molecule has 0 aliphatic carbocycles. The molecule has 0 spiro atoms. The van der Waals surface area contributed by atoms with Gasteiger partial charge in [-0.3, -0.25) is 4.79 Å². The number of rotatable bonds is 2. The molecular formula is C12H25N3O. The summed E-state index contributed by atoms with van der Waals surface area (Å²) in [6, 6.07) is -0.388. The number of piperazine rings is 1. The Morgan fingerprint density at radius 2 is 1.75 bits per heavy atom. The van der Waals surface area contributed by atoms with E-state index in [-0.39, 0.29) is 17.4 Å². The Labute approximate surface area is 98.8 Å². The Morgan fingerprint density at radius 1 is 1.25 bits per heavy atom. The summed E-state index contributed by atoms with van der Waals surface area (Å²) in [5, 5.41) is 0. The largest absolute Gasteiger partial charge is 0.339 e. The van der Waals surface area contributed by atoms with Crippen molar-refractivity contribution >= 4 is 5.91 Å². The molecule has 1 aliphatic rings. The van der Waals surface area contributed by atoms with Crippen LogP contribution in [0.15, 0.2) is 0 Å². The van der Waals surface area contributed by atoms with Gasteiger partial charge in [-0.1, -0.05) is 27.7 Å². The average Bonchev–Trinajstić information content (AvgIpc) is 2.26. The van der Waals surface area contributed by atoms with Crippen molar-refractivity contribution in [3.05, 3.63) is 0 Å². The highest BCUT2D eigenvalue weighted by atomic mass is 16.2. The van der Waals surface area contributed by atoms with Crippen LogP contribution in [0.1, 0.15) is 27.7 Å². The zero-order valence-electron chi connectivity index (χ0n) is 11.0. The summed E-state index contributed by atoms with van der Waals surface area (Å²) in [6.07, 6.45) is 0. The van der Waals surface area contributed by atoms with Crippen LogP contribution in [0.5, 0.6) is 0 Å². The van der Waals surface area contributed by atoms with Crippen LogP contribution in [0.2, 0.25) is 0 Å². The molecule has 1 saturated heterocycles. The minimum absolute atomic E-state index is 0.100. The lowest BCUT2D eigenvalue weighted by atomic mass is 9.86.